The quantitative estimate of drug-likeness (QED) is 0.587. The number of nitrogens with one attached hydrogen (secondary N) is 1. The average molecular weight is 436 g/mol. The topological polar surface area (TPSA) is 94.7 Å². The fourth-order valence-corrected chi connectivity index (χ4v) is 5.05. The molecule has 2 aliphatic heterocycles. The van der Waals surface area contributed by atoms with Gasteiger partial charge in [0.1, 0.15) is 5.75 Å². The van der Waals surface area contributed by atoms with E-state index in [-0.39, 0.29) is 6.04 Å². The van der Waals surface area contributed by atoms with E-state index >= 15 is 0 Å². The van der Waals surface area contributed by atoms with Crippen LogP contribution < -0.4 is 15.8 Å². The molecule has 31 heavy (non-hydrogen) atoms. The molecule has 2 aromatic heterocycles. The zero-order valence-electron chi connectivity index (χ0n) is 17.4. The first-order valence-electron chi connectivity index (χ1n) is 10.5. The van der Waals surface area contributed by atoms with Gasteiger partial charge in [-0.25, -0.2) is 9.97 Å². The van der Waals surface area contributed by atoms with Crippen LogP contribution in [0.5, 0.6) is 5.75 Å². The highest BCUT2D eigenvalue weighted by Crippen LogP contribution is 2.44. The minimum atomic E-state index is 0.264. The second-order valence-electron chi connectivity index (χ2n) is 7.70. The van der Waals surface area contributed by atoms with E-state index in [9.17, 15) is 0 Å². The van der Waals surface area contributed by atoms with Gasteiger partial charge in [-0.1, -0.05) is 18.2 Å². The van der Waals surface area contributed by atoms with Crippen molar-refractivity contribution in [1.82, 2.24) is 9.97 Å². The highest BCUT2D eigenvalue weighted by atomic mass is 32.1. The number of anilines is 1. The summed E-state index contributed by atoms with van der Waals surface area (Å²) in [6.45, 7) is 4.36. The van der Waals surface area contributed by atoms with Crippen LogP contribution in [0.3, 0.4) is 0 Å². The van der Waals surface area contributed by atoms with Gasteiger partial charge in [-0.15, -0.1) is 11.3 Å². The molecule has 0 spiro atoms. The average Bonchev–Trinajstić information content (AvgIpc) is 3.40. The molecule has 0 saturated carbocycles. The van der Waals surface area contributed by atoms with Crippen LogP contribution in [-0.2, 0) is 11.2 Å². The van der Waals surface area contributed by atoms with Gasteiger partial charge in [0.2, 0.25) is 5.95 Å². The summed E-state index contributed by atoms with van der Waals surface area (Å²) >= 11 is 1.70. The highest BCUT2D eigenvalue weighted by molar-refractivity contribution is 7.19. The fourth-order valence-electron chi connectivity index (χ4n) is 4.06. The van der Waals surface area contributed by atoms with Crippen LogP contribution in [-0.4, -0.2) is 42.0 Å². The Bertz CT molecular complexity index is 1160. The number of hydrogen-bond acceptors (Lipinski definition) is 8. The predicted molar refractivity (Wildman–Crippen MR) is 125 cm³/mol. The number of aryl methyl sites for hydroxylation is 1. The van der Waals surface area contributed by atoms with E-state index in [2.05, 4.69) is 40.4 Å². The third kappa shape index (κ3) is 4.00. The van der Waals surface area contributed by atoms with Gasteiger partial charge < -0.3 is 20.5 Å². The minimum Gasteiger partial charge on any atom is -0.492 e. The van der Waals surface area contributed by atoms with Crippen molar-refractivity contribution in [3.63, 3.8) is 0 Å². The van der Waals surface area contributed by atoms with Crippen molar-refractivity contribution < 1.29 is 9.47 Å². The third-order valence-electron chi connectivity index (χ3n) is 5.64. The van der Waals surface area contributed by atoms with Crippen molar-refractivity contribution in [2.24, 2.45) is 10.7 Å². The number of aliphatic imine (C=N–C) groups is 1. The molecule has 0 aliphatic carbocycles. The lowest BCUT2D eigenvalue weighted by atomic mass is 10.0. The number of benzene rings is 1. The van der Waals surface area contributed by atoms with E-state index in [1.54, 1.807) is 17.6 Å². The molecule has 3 aromatic rings. The molecule has 1 aromatic carbocycles. The summed E-state index contributed by atoms with van der Waals surface area (Å²) in [4.78, 5) is 15.2. The van der Waals surface area contributed by atoms with Gasteiger partial charge in [0.05, 0.1) is 34.8 Å². The summed E-state index contributed by atoms with van der Waals surface area (Å²) in [5.74, 6) is 1.47. The molecule has 160 valence electrons. The summed E-state index contributed by atoms with van der Waals surface area (Å²) in [7, 11) is 0. The van der Waals surface area contributed by atoms with Crippen molar-refractivity contribution in [2.45, 2.75) is 32.2 Å². The maximum atomic E-state index is 5.95. The van der Waals surface area contributed by atoms with Crippen molar-refractivity contribution in [2.75, 3.05) is 25.1 Å². The minimum absolute atomic E-state index is 0.264. The lowest BCUT2D eigenvalue weighted by Crippen LogP contribution is -2.19. The number of para-hydroxylation sites is 1. The molecule has 1 fully saturated rings. The first-order chi connectivity index (χ1) is 15.2. The highest BCUT2D eigenvalue weighted by Gasteiger charge is 2.22. The van der Waals surface area contributed by atoms with Crippen molar-refractivity contribution >= 4 is 33.7 Å². The molecule has 8 heteroatoms. The Hall–Kier alpha value is -2.97. The number of nitrogens with zero attached hydrogens (tertiary/aromatic N) is 3. The number of thiophene rings is 1. The molecular weight excluding hydrogens is 410 g/mol. The van der Waals surface area contributed by atoms with Gasteiger partial charge in [0.15, 0.2) is 0 Å². The predicted octanol–water partition coefficient (Wildman–Crippen LogP) is 4.06. The molecule has 3 N–H and O–H groups in total. The van der Waals surface area contributed by atoms with E-state index in [0.29, 0.717) is 11.6 Å². The second kappa shape index (κ2) is 8.64. The Labute approximate surface area is 185 Å². The van der Waals surface area contributed by atoms with Crippen LogP contribution in [0, 0.1) is 6.92 Å². The third-order valence-corrected chi connectivity index (χ3v) is 6.67. The molecule has 0 radical (unpaired) electrons. The maximum absolute atomic E-state index is 5.95. The van der Waals surface area contributed by atoms with Crippen LogP contribution in [0.4, 0.5) is 5.95 Å². The van der Waals surface area contributed by atoms with Crippen molar-refractivity contribution in [3.8, 4) is 16.9 Å². The van der Waals surface area contributed by atoms with Crippen LogP contribution >= 0.6 is 11.3 Å². The fraction of sp³-hybridized carbons (Fsp3) is 0.348. The van der Waals surface area contributed by atoms with E-state index in [4.69, 9.17) is 20.2 Å². The summed E-state index contributed by atoms with van der Waals surface area (Å²) in [5.41, 5.74) is 10.9. The van der Waals surface area contributed by atoms with Crippen LogP contribution in [0.2, 0.25) is 0 Å². The molecule has 0 bridgehead atoms. The lowest BCUT2D eigenvalue weighted by molar-refractivity contribution is 0.0872. The first kappa shape index (κ1) is 20.0. The molecule has 1 saturated heterocycles. The summed E-state index contributed by atoms with van der Waals surface area (Å²) in [6.07, 6.45) is 7.92. The van der Waals surface area contributed by atoms with E-state index in [0.717, 1.165) is 66.2 Å². The van der Waals surface area contributed by atoms with Crippen molar-refractivity contribution in [1.29, 1.82) is 0 Å². The van der Waals surface area contributed by atoms with E-state index in [1.165, 1.54) is 16.6 Å². The van der Waals surface area contributed by atoms with Crippen molar-refractivity contribution in [3.05, 3.63) is 46.7 Å². The van der Waals surface area contributed by atoms with Crippen LogP contribution in [0.1, 0.15) is 23.3 Å². The zero-order chi connectivity index (χ0) is 21.2. The Morgan fingerprint density at radius 1 is 1.29 bits per heavy atom. The molecule has 4 heterocycles. The summed E-state index contributed by atoms with van der Waals surface area (Å²) in [5, 5.41) is 3.21. The number of fused-ring (bicyclic) bond motifs is 2. The smallest absolute Gasteiger partial charge is 0.227 e. The van der Waals surface area contributed by atoms with Gasteiger partial charge in [-0.3, -0.25) is 4.99 Å². The molecule has 5 rings (SSSR count). The molecule has 7 nitrogen and oxygen atoms in total. The SMILES string of the molecule is Cc1sc2cnc(NC(C=NC3CCOCC3)=CN)nc2c1-c1cccc2c1OCC2. The van der Waals surface area contributed by atoms with Gasteiger partial charge in [0.25, 0.3) is 0 Å². The molecule has 0 amide bonds. The Kier molecular flexibility index (Phi) is 5.57. The molecule has 2 aliphatic rings. The maximum Gasteiger partial charge on any atom is 0.227 e. The molecule has 0 atom stereocenters. The van der Waals surface area contributed by atoms with Gasteiger partial charge in [-0.05, 0) is 25.3 Å². The lowest BCUT2D eigenvalue weighted by Gasteiger charge is -2.18. The Morgan fingerprint density at radius 3 is 3.00 bits per heavy atom. The normalized spacial score (nSPS) is 17.3. The summed E-state index contributed by atoms with van der Waals surface area (Å²) < 4.78 is 12.4. The first-order valence-corrected chi connectivity index (χ1v) is 11.4. The number of aromatic nitrogens is 2. The Morgan fingerprint density at radius 2 is 2.16 bits per heavy atom. The monoisotopic (exact) mass is 435 g/mol. The van der Waals surface area contributed by atoms with Crippen LogP contribution in [0.25, 0.3) is 21.3 Å². The standard InChI is InChI=1S/C23H25N5O2S/c1-14-20(18-4-2-3-15-5-10-30-22(15)18)21-19(31-14)13-26-23(28-21)27-17(11-24)12-25-16-6-8-29-9-7-16/h2-4,11-13,16H,5-10,24H2,1H3,(H,26,27,28). The largest absolute Gasteiger partial charge is 0.492 e. The van der Waals surface area contributed by atoms with Gasteiger partial charge in [-0.2, -0.15) is 0 Å². The Balaban J connectivity index is 1.46. The van der Waals surface area contributed by atoms with Gasteiger partial charge >= 0.3 is 0 Å². The van der Waals surface area contributed by atoms with E-state index < -0.39 is 0 Å². The number of nitrogens with two attached hydrogens (primary N) is 1. The zero-order valence-corrected chi connectivity index (χ0v) is 18.2. The number of rotatable bonds is 5. The van der Waals surface area contributed by atoms with Gasteiger partial charge in [0, 0.05) is 48.1 Å². The van der Waals surface area contributed by atoms with Crippen LogP contribution in [0.15, 0.2) is 41.3 Å². The summed E-state index contributed by atoms with van der Waals surface area (Å²) in [6, 6.07) is 6.60. The van der Waals surface area contributed by atoms with E-state index in [1.807, 2.05) is 6.20 Å². The number of hydrogen-bond donors (Lipinski definition) is 2. The number of ether oxygens (including phenoxy) is 2. The molecule has 0 unspecified atom stereocenters. The second-order valence-corrected chi connectivity index (χ2v) is 8.96. The number of allylic oxidation sites excluding steroid dienone is 1. The molecular formula is C23H25N5O2S.